The van der Waals surface area contributed by atoms with Crippen LogP contribution in [0.15, 0.2) is 72.8 Å². The molecule has 32 heavy (non-hydrogen) atoms. The average Bonchev–Trinajstić information content (AvgIpc) is 2.79. The largest absolute Gasteiger partial charge is 0.478 e. The third-order valence-electron chi connectivity index (χ3n) is 5.36. The molecule has 0 aromatic heterocycles. The fourth-order valence-electron chi connectivity index (χ4n) is 3.80. The topological polar surface area (TPSA) is 52.6 Å². The van der Waals surface area contributed by atoms with E-state index in [2.05, 4.69) is 60.5 Å². The van der Waals surface area contributed by atoms with Crippen molar-refractivity contribution in [2.75, 3.05) is 23.3 Å². The number of hydrogen-bond acceptors (Lipinski definition) is 3. The summed E-state index contributed by atoms with van der Waals surface area (Å²) in [6.07, 6.45) is 4.27. The number of carboxylic acids is 1. The van der Waals surface area contributed by atoms with Crippen LogP contribution in [0.25, 0.3) is 0 Å². The highest BCUT2D eigenvalue weighted by Crippen LogP contribution is 2.22. The Hall–Kier alpha value is -2.98. The number of rotatable bonds is 11. The Labute approximate surface area is 197 Å². The van der Waals surface area contributed by atoms with Crippen LogP contribution in [0.2, 0.25) is 0 Å². The Morgan fingerprint density at radius 1 is 0.844 bits per heavy atom. The number of nitrogens with one attached hydrogen (secondary N) is 1. The van der Waals surface area contributed by atoms with E-state index < -0.39 is 5.97 Å². The number of para-hydroxylation sites is 1. The number of carboxylic acid groups (broad SMARTS) is 1. The summed E-state index contributed by atoms with van der Waals surface area (Å²) in [7, 11) is 0. The van der Waals surface area contributed by atoms with E-state index in [1.807, 2.05) is 18.2 Å². The van der Waals surface area contributed by atoms with Gasteiger partial charge in [0.1, 0.15) is 0 Å². The molecule has 3 aromatic rings. The van der Waals surface area contributed by atoms with Crippen molar-refractivity contribution in [3.63, 3.8) is 0 Å². The van der Waals surface area contributed by atoms with Gasteiger partial charge in [0.2, 0.25) is 0 Å². The third kappa shape index (κ3) is 7.03. The molecule has 0 spiro atoms. The molecule has 4 nitrogen and oxygen atoms in total. The monoisotopic (exact) mass is 452 g/mol. The maximum Gasteiger partial charge on any atom is 0.337 e. The zero-order valence-corrected chi connectivity index (χ0v) is 19.7. The molecule has 0 radical (unpaired) electrons. The summed E-state index contributed by atoms with van der Waals surface area (Å²) in [5.41, 5.74) is 5.69. The maximum absolute atomic E-state index is 11.4. The molecule has 3 aromatic carbocycles. The van der Waals surface area contributed by atoms with Crippen molar-refractivity contribution in [2.24, 2.45) is 0 Å². The fourth-order valence-corrected chi connectivity index (χ4v) is 3.80. The number of hydrogen-bond donors (Lipinski definition) is 2. The Balaban J connectivity index is 0.00000363. The summed E-state index contributed by atoms with van der Waals surface area (Å²) in [6.45, 7) is 6.64. The molecule has 3 rings (SSSR count). The standard InChI is InChI=1S/C27H32N2O2.ClH/c1-3-18-29(19-4-2)24-9-7-8-22(20-24)13-12-21-14-16-23(17-15-21)28-26-11-6-5-10-25(26)27(30)31;/h5-11,14-17,20,28H,3-4,12-13,18-19H2,1-2H3,(H,30,31);1H. The predicted octanol–water partition coefficient (Wildman–Crippen LogP) is 6.96. The molecule has 0 aliphatic rings. The summed E-state index contributed by atoms with van der Waals surface area (Å²) in [5.74, 6) is -0.932. The van der Waals surface area contributed by atoms with E-state index in [-0.39, 0.29) is 18.0 Å². The minimum Gasteiger partial charge on any atom is -0.478 e. The summed E-state index contributed by atoms with van der Waals surface area (Å²) < 4.78 is 0. The van der Waals surface area contributed by atoms with Gasteiger partial charge >= 0.3 is 5.97 Å². The van der Waals surface area contributed by atoms with Gasteiger partial charge in [0.25, 0.3) is 0 Å². The van der Waals surface area contributed by atoms with Gasteiger partial charge in [0, 0.05) is 24.5 Å². The zero-order valence-electron chi connectivity index (χ0n) is 18.9. The first-order valence-corrected chi connectivity index (χ1v) is 11.1. The average molecular weight is 453 g/mol. The van der Waals surface area contributed by atoms with E-state index >= 15 is 0 Å². The van der Waals surface area contributed by atoms with Gasteiger partial charge in [0.05, 0.1) is 11.3 Å². The van der Waals surface area contributed by atoms with Crippen molar-refractivity contribution >= 4 is 35.4 Å². The van der Waals surface area contributed by atoms with Crippen molar-refractivity contribution < 1.29 is 9.90 Å². The van der Waals surface area contributed by atoms with Gasteiger partial charge in [-0.05, 0) is 73.2 Å². The van der Waals surface area contributed by atoms with Gasteiger partial charge in [-0.25, -0.2) is 4.79 Å². The van der Waals surface area contributed by atoms with Crippen LogP contribution in [0.3, 0.4) is 0 Å². The van der Waals surface area contributed by atoms with E-state index in [1.54, 1.807) is 18.2 Å². The second-order valence-corrected chi connectivity index (χ2v) is 7.83. The van der Waals surface area contributed by atoms with Crippen LogP contribution >= 0.6 is 12.4 Å². The molecule has 2 N–H and O–H groups in total. The van der Waals surface area contributed by atoms with Crippen molar-refractivity contribution in [2.45, 2.75) is 39.5 Å². The normalized spacial score (nSPS) is 10.3. The van der Waals surface area contributed by atoms with E-state index in [4.69, 9.17) is 0 Å². The first-order chi connectivity index (χ1) is 15.1. The van der Waals surface area contributed by atoms with E-state index in [1.165, 1.54) is 16.8 Å². The van der Waals surface area contributed by atoms with Crippen LogP contribution in [0.5, 0.6) is 0 Å². The van der Waals surface area contributed by atoms with Gasteiger partial charge in [-0.1, -0.05) is 50.2 Å². The molecule has 0 bridgehead atoms. The van der Waals surface area contributed by atoms with E-state index in [9.17, 15) is 9.90 Å². The molecule has 0 amide bonds. The number of anilines is 3. The molecule has 0 atom stereocenters. The molecule has 0 heterocycles. The second kappa shape index (κ2) is 12.8. The van der Waals surface area contributed by atoms with Crippen molar-refractivity contribution in [1.29, 1.82) is 0 Å². The maximum atomic E-state index is 11.4. The van der Waals surface area contributed by atoms with Crippen molar-refractivity contribution in [3.8, 4) is 0 Å². The van der Waals surface area contributed by atoms with Gasteiger partial charge in [-0.2, -0.15) is 0 Å². The van der Waals surface area contributed by atoms with Gasteiger partial charge in [-0.15, -0.1) is 12.4 Å². The summed E-state index contributed by atoms with van der Waals surface area (Å²) >= 11 is 0. The van der Waals surface area contributed by atoms with Crippen LogP contribution in [0.4, 0.5) is 17.1 Å². The summed E-state index contributed by atoms with van der Waals surface area (Å²) in [6, 6.07) is 24.1. The van der Waals surface area contributed by atoms with Gasteiger partial charge in [-0.3, -0.25) is 0 Å². The quantitative estimate of drug-likeness (QED) is 0.330. The zero-order chi connectivity index (χ0) is 22.1. The number of nitrogens with zero attached hydrogens (tertiary/aromatic N) is 1. The number of aryl methyl sites for hydroxylation is 2. The predicted molar refractivity (Wildman–Crippen MR) is 137 cm³/mol. The SMILES string of the molecule is CCCN(CCC)c1cccc(CCc2ccc(Nc3ccccc3C(=O)O)cc2)c1.Cl. The molecule has 0 fully saturated rings. The lowest BCUT2D eigenvalue weighted by Gasteiger charge is -2.24. The lowest BCUT2D eigenvalue weighted by molar-refractivity contribution is 0.0698. The Bertz CT molecular complexity index is 983. The molecular weight excluding hydrogens is 420 g/mol. The third-order valence-corrected chi connectivity index (χ3v) is 5.36. The van der Waals surface area contributed by atoms with Crippen LogP contribution in [-0.4, -0.2) is 24.2 Å². The van der Waals surface area contributed by atoms with Crippen molar-refractivity contribution in [3.05, 3.63) is 89.5 Å². The Morgan fingerprint density at radius 3 is 2.16 bits per heavy atom. The highest BCUT2D eigenvalue weighted by atomic mass is 35.5. The van der Waals surface area contributed by atoms with Crippen LogP contribution < -0.4 is 10.2 Å². The van der Waals surface area contributed by atoms with Crippen LogP contribution in [-0.2, 0) is 12.8 Å². The molecule has 0 aliphatic heterocycles. The number of benzene rings is 3. The Kier molecular flexibility index (Phi) is 10.1. The minimum absolute atomic E-state index is 0. The Morgan fingerprint density at radius 2 is 1.50 bits per heavy atom. The number of halogens is 1. The minimum atomic E-state index is -0.932. The lowest BCUT2D eigenvalue weighted by Crippen LogP contribution is -2.24. The fraction of sp³-hybridized carbons (Fsp3) is 0.296. The molecule has 0 saturated carbocycles. The smallest absolute Gasteiger partial charge is 0.337 e. The van der Waals surface area contributed by atoms with Crippen LogP contribution in [0, 0.1) is 0 Å². The second-order valence-electron chi connectivity index (χ2n) is 7.83. The van der Waals surface area contributed by atoms with Gasteiger partial charge in [0.15, 0.2) is 0 Å². The highest BCUT2D eigenvalue weighted by molar-refractivity contribution is 5.95. The van der Waals surface area contributed by atoms with Gasteiger partial charge < -0.3 is 15.3 Å². The summed E-state index contributed by atoms with van der Waals surface area (Å²) in [4.78, 5) is 13.9. The van der Waals surface area contributed by atoms with E-state index in [0.29, 0.717) is 5.69 Å². The van der Waals surface area contributed by atoms with E-state index in [0.717, 1.165) is 44.5 Å². The van der Waals surface area contributed by atoms with Crippen molar-refractivity contribution in [1.82, 2.24) is 0 Å². The summed E-state index contributed by atoms with van der Waals surface area (Å²) in [5, 5.41) is 12.5. The molecule has 5 heteroatoms. The molecule has 170 valence electrons. The lowest BCUT2D eigenvalue weighted by atomic mass is 10.0. The molecule has 0 unspecified atom stereocenters. The molecular formula is C27H33ClN2O2. The van der Waals surface area contributed by atoms with Crippen LogP contribution in [0.1, 0.15) is 48.2 Å². The number of carbonyl (C=O) groups is 1. The molecule has 0 saturated heterocycles. The highest BCUT2D eigenvalue weighted by Gasteiger charge is 2.09. The first-order valence-electron chi connectivity index (χ1n) is 11.1. The number of aromatic carboxylic acids is 1. The first kappa shape index (κ1) is 25.3. The molecule has 0 aliphatic carbocycles.